The van der Waals surface area contributed by atoms with Crippen LogP contribution in [-0.4, -0.2) is 72.8 Å². The van der Waals surface area contributed by atoms with E-state index in [1.54, 1.807) is 0 Å². The van der Waals surface area contributed by atoms with Crippen molar-refractivity contribution in [1.29, 1.82) is 0 Å². The molecule has 9 heteroatoms. The molecular weight excluding hydrogens is 520 g/mol. The smallest absolute Gasteiger partial charge is 0.213 e. The van der Waals surface area contributed by atoms with Crippen molar-refractivity contribution >= 4 is 0 Å². The largest absolute Gasteiger partial charge is 0.475 e. The molecule has 41 heavy (non-hydrogen) atoms. The minimum absolute atomic E-state index is 0.295. The van der Waals surface area contributed by atoms with Crippen LogP contribution in [0.15, 0.2) is 72.8 Å². The fraction of sp³-hybridized carbons (Fsp3) is 0.375. The number of hydrogen-bond donors (Lipinski definition) is 0. The van der Waals surface area contributed by atoms with E-state index in [0.29, 0.717) is 76.5 Å². The summed E-state index contributed by atoms with van der Waals surface area (Å²) in [5.74, 6) is 1.69. The van der Waals surface area contributed by atoms with Crippen molar-refractivity contribution in [3.05, 3.63) is 84.2 Å². The Kier molecular flexibility index (Phi) is 9.06. The molecule has 0 N–H and O–H groups in total. The van der Waals surface area contributed by atoms with Gasteiger partial charge in [0.25, 0.3) is 0 Å². The van der Waals surface area contributed by atoms with Crippen molar-refractivity contribution in [1.82, 2.24) is 19.9 Å². The average molecular weight is 555 g/mol. The highest BCUT2D eigenvalue weighted by Gasteiger charge is 2.35. The van der Waals surface area contributed by atoms with Crippen LogP contribution in [0.2, 0.25) is 0 Å². The molecular formula is C32H34N4O5. The predicted molar refractivity (Wildman–Crippen MR) is 153 cm³/mol. The van der Waals surface area contributed by atoms with E-state index in [1.807, 2.05) is 48.5 Å². The summed E-state index contributed by atoms with van der Waals surface area (Å²) >= 11 is 0. The Morgan fingerprint density at radius 1 is 0.415 bits per heavy atom. The Labute approximate surface area is 239 Å². The van der Waals surface area contributed by atoms with Gasteiger partial charge in [0, 0.05) is 35.4 Å². The van der Waals surface area contributed by atoms with Gasteiger partial charge in [0.15, 0.2) is 0 Å². The monoisotopic (exact) mass is 554 g/mol. The topological polar surface area (TPSA) is 97.7 Å². The first kappa shape index (κ1) is 27.3. The maximum atomic E-state index is 5.83. The summed E-state index contributed by atoms with van der Waals surface area (Å²) in [5, 5.41) is 0. The van der Waals surface area contributed by atoms with Gasteiger partial charge in [-0.25, -0.2) is 9.97 Å². The first-order chi connectivity index (χ1) is 20.3. The van der Waals surface area contributed by atoms with Crippen LogP contribution in [0.4, 0.5) is 0 Å². The average Bonchev–Trinajstić information content (AvgIpc) is 2.99. The zero-order valence-electron chi connectivity index (χ0n) is 23.0. The molecule has 4 aromatic heterocycles. The van der Waals surface area contributed by atoms with E-state index in [-0.39, 0.29) is 0 Å². The normalized spacial score (nSPS) is 20.3. The number of hydrogen-bond acceptors (Lipinski definition) is 9. The molecule has 1 fully saturated rings. The summed E-state index contributed by atoms with van der Waals surface area (Å²) in [4.78, 5) is 19.4. The van der Waals surface area contributed by atoms with Gasteiger partial charge >= 0.3 is 0 Å². The Morgan fingerprint density at radius 2 is 0.780 bits per heavy atom. The van der Waals surface area contributed by atoms with Gasteiger partial charge in [-0.15, -0.1) is 0 Å². The second-order valence-electron chi connectivity index (χ2n) is 9.94. The van der Waals surface area contributed by atoms with E-state index >= 15 is 0 Å². The standard InChI is InChI=1S/C32H34N4O5/c1-5-25-23-13-14-24(23)26-6-2-8-28(34-26)30-10-4-12-32(36-30)41-22-20-39-18-16-37-15-17-38-19-21-40-31-11-3-9-29(35-31)27(7-1)33-25/h1-12,23-24H,13-22H2/t23-,24+. The molecule has 0 unspecified atom stereocenters. The van der Waals surface area contributed by atoms with Crippen LogP contribution >= 0.6 is 0 Å². The van der Waals surface area contributed by atoms with Crippen LogP contribution in [0.5, 0.6) is 11.8 Å². The Hall–Kier alpha value is -3.92. The zero-order chi connectivity index (χ0) is 27.7. The maximum absolute atomic E-state index is 5.83. The maximum Gasteiger partial charge on any atom is 0.213 e. The summed E-state index contributed by atoms with van der Waals surface area (Å²) in [6, 6.07) is 23.8. The van der Waals surface area contributed by atoms with Gasteiger partial charge in [-0.1, -0.05) is 24.3 Å². The van der Waals surface area contributed by atoms with Gasteiger partial charge in [-0.2, -0.15) is 0 Å². The van der Waals surface area contributed by atoms with Crippen molar-refractivity contribution in [2.24, 2.45) is 0 Å². The number of rotatable bonds is 0. The van der Waals surface area contributed by atoms with Crippen LogP contribution < -0.4 is 9.47 Å². The van der Waals surface area contributed by atoms with Gasteiger partial charge in [0.05, 0.1) is 62.4 Å². The molecule has 5 heterocycles. The van der Waals surface area contributed by atoms with Crippen LogP contribution in [0.3, 0.4) is 0 Å². The molecule has 9 nitrogen and oxygen atoms in total. The Morgan fingerprint density at radius 3 is 1.20 bits per heavy atom. The Balaban J connectivity index is 1.23. The number of nitrogens with zero attached hydrogens (tertiary/aromatic N) is 4. The van der Waals surface area contributed by atoms with E-state index in [9.17, 15) is 0 Å². The highest BCUT2D eigenvalue weighted by atomic mass is 16.6. The molecule has 8 bridgehead atoms. The summed E-state index contributed by atoms with van der Waals surface area (Å²) in [7, 11) is 0. The lowest BCUT2D eigenvalue weighted by Crippen LogP contribution is -2.24. The van der Waals surface area contributed by atoms with Crippen LogP contribution in [0.25, 0.3) is 22.8 Å². The zero-order valence-corrected chi connectivity index (χ0v) is 23.0. The van der Waals surface area contributed by atoms with Crippen LogP contribution in [-0.2, 0) is 14.2 Å². The highest BCUT2D eigenvalue weighted by molar-refractivity contribution is 5.56. The van der Waals surface area contributed by atoms with Gasteiger partial charge in [-0.3, -0.25) is 9.97 Å². The highest BCUT2D eigenvalue weighted by Crippen LogP contribution is 2.48. The van der Waals surface area contributed by atoms with E-state index in [4.69, 9.17) is 33.7 Å². The lowest BCUT2D eigenvalue weighted by Gasteiger charge is -2.36. The second-order valence-corrected chi connectivity index (χ2v) is 9.94. The lowest BCUT2D eigenvalue weighted by atomic mass is 9.70. The number of aromatic nitrogens is 4. The molecule has 212 valence electrons. The molecule has 0 saturated heterocycles. The predicted octanol–water partition coefficient (Wildman–Crippen LogP) is 5.08. The number of pyridine rings is 4. The lowest BCUT2D eigenvalue weighted by molar-refractivity contribution is 0.00461. The molecule has 2 aliphatic rings. The summed E-state index contributed by atoms with van der Waals surface area (Å²) in [6.45, 7) is 3.65. The minimum Gasteiger partial charge on any atom is -0.475 e. The second kappa shape index (κ2) is 13.6. The Bertz CT molecular complexity index is 1330. The summed E-state index contributed by atoms with van der Waals surface area (Å²) < 4.78 is 28.5. The first-order valence-electron chi connectivity index (χ1n) is 14.2. The SMILES string of the molecule is c1cc2nc(c1)-c1cccc(n1)[C@H]1CC[C@H]1c1cccc(n1)-c1cccc(n1)OCCOCCOCCOCCO2. The molecule has 4 aromatic rings. The minimum atomic E-state index is 0.295. The molecule has 0 spiro atoms. The summed E-state index contributed by atoms with van der Waals surface area (Å²) in [6.07, 6.45) is 2.14. The molecule has 1 saturated carbocycles. The third kappa shape index (κ3) is 7.05. The van der Waals surface area contributed by atoms with Gasteiger partial charge < -0.3 is 23.7 Å². The van der Waals surface area contributed by atoms with Gasteiger partial charge in [0.2, 0.25) is 11.8 Å². The molecule has 6 rings (SSSR count). The van der Waals surface area contributed by atoms with Crippen molar-refractivity contribution < 1.29 is 23.7 Å². The molecule has 1 aliphatic heterocycles. The fourth-order valence-corrected chi connectivity index (χ4v) is 5.04. The van der Waals surface area contributed by atoms with E-state index < -0.39 is 0 Å². The van der Waals surface area contributed by atoms with E-state index in [1.165, 1.54) is 0 Å². The fourth-order valence-electron chi connectivity index (χ4n) is 5.04. The number of fused-ring (bicyclic) bond motifs is 13. The van der Waals surface area contributed by atoms with E-state index in [2.05, 4.69) is 34.2 Å². The first-order valence-corrected chi connectivity index (χ1v) is 14.2. The molecule has 0 amide bonds. The molecule has 1 aliphatic carbocycles. The van der Waals surface area contributed by atoms with E-state index in [0.717, 1.165) is 47.0 Å². The quantitative estimate of drug-likeness (QED) is 0.295. The van der Waals surface area contributed by atoms with Crippen LogP contribution in [0.1, 0.15) is 36.1 Å². The third-order valence-electron chi connectivity index (χ3n) is 7.25. The van der Waals surface area contributed by atoms with Gasteiger partial charge in [0.1, 0.15) is 13.2 Å². The van der Waals surface area contributed by atoms with Crippen molar-refractivity contribution in [2.45, 2.75) is 24.7 Å². The third-order valence-corrected chi connectivity index (χ3v) is 7.25. The van der Waals surface area contributed by atoms with Crippen molar-refractivity contribution in [2.75, 3.05) is 52.9 Å². The molecule has 2 atom stereocenters. The van der Waals surface area contributed by atoms with Crippen LogP contribution in [0, 0.1) is 0 Å². The van der Waals surface area contributed by atoms with Crippen molar-refractivity contribution in [3.63, 3.8) is 0 Å². The number of ether oxygens (including phenoxy) is 5. The molecule has 0 radical (unpaired) electrons. The van der Waals surface area contributed by atoms with Gasteiger partial charge in [-0.05, 0) is 49.2 Å². The summed E-state index contributed by atoms with van der Waals surface area (Å²) in [5.41, 5.74) is 5.34. The molecule has 0 aromatic carbocycles. The van der Waals surface area contributed by atoms with Crippen molar-refractivity contribution in [3.8, 4) is 34.5 Å².